The second-order valence-electron chi connectivity index (χ2n) is 7.26. The van der Waals surface area contributed by atoms with Gasteiger partial charge in [0.1, 0.15) is 17.0 Å². The molecule has 2 saturated heterocycles. The van der Waals surface area contributed by atoms with E-state index < -0.39 is 0 Å². The first-order valence-corrected chi connectivity index (χ1v) is 10.4. The number of fused-ring (bicyclic) bond motifs is 1. The number of hydrogen-bond acceptors (Lipinski definition) is 7. The van der Waals surface area contributed by atoms with E-state index in [9.17, 15) is 4.79 Å². The van der Waals surface area contributed by atoms with Crippen molar-refractivity contribution in [3.8, 4) is 0 Å². The molecule has 0 aromatic carbocycles. The van der Waals surface area contributed by atoms with Gasteiger partial charge in [-0.3, -0.25) is 4.79 Å². The van der Waals surface area contributed by atoms with E-state index in [2.05, 4.69) is 26.3 Å². The van der Waals surface area contributed by atoms with Crippen molar-refractivity contribution in [2.45, 2.75) is 31.3 Å². The Balaban J connectivity index is 1.41. The van der Waals surface area contributed by atoms with Gasteiger partial charge in [-0.1, -0.05) is 0 Å². The number of aromatic nitrogens is 2. The van der Waals surface area contributed by atoms with E-state index >= 15 is 0 Å². The molecule has 0 N–H and O–H groups in total. The summed E-state index contributed by atoms with van der Waals surface area (Å²) in [5.74, 6) is 1.21. The fraction of sp³-hybridized carbons (Fsp3) is 0.632. The fourth-order valence-corrected chi connectivity index (χ4v) is 4.78. The van der Waals surface area contributed by atoms with E-state index in [0.717, 1.165) is 54.9 Å². The number of nitrogens with zero attached hydrogens (tertiary/aromatic N) is 4. The predicted molar refractivity (Wildman–Crippen MR) is 105 cm³/mol. The fourth-order valence-electron chi connectivity index (χ4n) is 4.05. The maximum Gasteiger partial charge on any atom is 0.225 e. The van der Waals surface area contributed by atoms with E-state index in [-0.39, 0.29) is 11.5 Å². The van der Waals surface area contributed by atoms with Gasteiger partial charge in [-0.15, -0.1) is 11.3 Å². The number of piperidine rings is 1. The second kappa shape index (κ2) is 8.08. The van der Waals surface area contributed by atoms with Gasteiger partial charge in [0.15, 0.2) is 0 Å². The van der Waals surface area contributed by atoms with Crippen LogP contribution in [-0.2, 0) is 14.3 Å². The lowest BCUT2D eigenvalue weighted by Crippen LogP contribution is -2.47. The third-order valence-corrected chi connectivity index (χ3v) is 6.41. The van der Waals surface area contributed by atoms with Gasteiger partial charge in [0.25, 0.3) is 0 Å². The van der Waals surface area contributed by atoms with E-state index in [0.29, 0.717) is 26.2 Å². The number of anilines is 1. The van der Waals surface area contributed by atoms with Crippen molar-refractivity contribution in [3.63, 3.8) is 0 Å². The highest BCUT2D eigenvalue weighted by molar-refractivity contribution is 7.16. The zero-order valence-electron chi connectivity index (χ0n) is 15.7. The van der Waals surface area contributed by atoms with Crippen LogP contribution < -0.4 is 4.90 Å². The van der Waals surface area contributed by atoms with Crippen molar-refractivity contribution < 1.29 is 14.3 Å². The van der Waals surface area contributed by atoms with Gasteiger partial charge in [-0.2, -0.15) is 0 Å². The van der Waals surface area contributed by atoms with Crippen LogP contribution in [0.2, 0.25) is 0 Å². The molecule has 2 fully saturated rings. The van der Waals surface area contributed by atoms with Crippen molar-refractivity contribution in [3.05, 3.63) is 17.8 Å². The molecule has 4 heterocycles. The molecule has 0 atom stereocenters. The molecule has 0 saturated carbocycles. The Morgan fingerprint density at radius 2 is 2.15 bits per heavy atom. The van der Waals surface area contributed by atoms with Gasteiger partial charge < -0.3 is 19.3 Å². The summed E-state index contributed by atoms with van der Waals surface area (Å²) in [6, 6.07) is 2.09. The molecule has 2 aromatic rings. The lowest BCUT2D eigenvalue weighted by Gasteiger charge is -2.41. The summed E-state index contributed by atoms with van der Waals surface area (Å²) >= 11 is 1.64. The molecule has 8 heteroatoms. The first-order valence-electron chi connectivity index (χ1n) is 9.55. The topological polar surface area (TPSA) is 67.8 Å². The SMILES string of the molecule is COCCCN1CCOC2(CCN(c3ncnc4sccc34)CC2)CC1=O. The van der Waals surface area contributed by atoms with E-state index in [4.69, 9.17) is 9.47 Å². The molecule has 7 nitrogen and oxygen atoms in total. The number of thiophene rings is 1. The summed E-state index contributed by atoms with van der Waals surface area (Å²) < 4.78 is 11.3. The summed E-state index contributed by atoms with van der Waals surface area (Å²) in [4.78, 5) is 26.9. The molecular formula is C19H26N4O3S. The highest BCUT2D eigenvalue weighted by atomic mass is 32.1. The zero-order valence-corrected chi connectivity index (χ0v) is 16.5. The minimum Gasteiger partial charge on any atom is -0.385 e. The Morgan fingerprint density at radius 1 is 1.30 bits per heavy atom. The summed E-state index contributed by atoms with van der Waals surface area (Å²) in [7, 11) is 1.69. The molecule has 1 amide bonds. The molecule has 2 aliphatic heterocycles. The van der Waals surface area contributed by atoms with Crippen LogP contribution in [0.4, 0.5) is 5.82 Å². The molecule has 1 spiro atoms. The van der Waals surface area contributed by atoms with Crippen LogP contribution >= 0.6 is 11.3 Å². The van der Waals surface area contributed by atoms with Crippen molar-refractivity contribution in [2.24, 2.45) is 0 Å². The van der Waals surface area contributed by atoms with E-state index in [1.807, 2.05) is 4.90 Å². The lowest BCUT2D eigenvalue weighted by molar-refractivity contribution is -0.134. The normalized spacial score (nSPS) is 20.4. The third-order valence-electron chi connectivity index (χ3n) is 5.59. The van der Waals surface area contributed by atoms with Crippen molar-refractivity contribution in [2.75, 3.05) is 51.4 Å². The molecule has 4 rings (SSSR count). The summed E-state index contributed by atoms with van der Waals surface area (Å²) in [5.41, 5.74) is -0.329. The monoisotopic (exact) mass is 390 g/mol. The van der Waals surface area contributed by atoms with Gasteiger partial charge in [0.05, 0.1) is 24.0 Å². The van der Waals surface area contributed by atoms with Crippen LogP contribution in [0.1, 0.15) is 25.7 Å². The molecule has 0 bridgehead atoms. The van der Waals surface area contributed by atoms with Gasteiger partial charge in [-0.05, 0) is 30.7 Å². The van der Waals surface area contributed by atoms with Crippen molar-refractivity contribution >= 4 is 33.3 Å². The van der Waals surface area contributed by atoms with Crippen molar-refractivity contribution in [1.82, 2.24) is 14.9 Å². The van der Waals surface area contributed by atoms with Crippen LogP contribution in [0.3, 0.4) is 0 Å². The van der Waals surface area contributed by atoms with E-state index in [1.54, 1.807) is 24.8 Å². The molecule has 0 radical (unpaired) electrons. The van der Waals surface area contributed by atoms with Crippen LogP contribution in [0, 0.1) is 0 Å². The highest BCUT2D eigenvalue weighted by Crippen LogP contribution is 2.35. The Hall–Kier alpha value is -1.77. The van der Waals surface area contributed by atoms with Crippen LogP contribution in [0.5, 0.6) is 0 Å². The summed E-state index contributed by atoms with van der Waals surface area (Å²) in [6.45, 7) is 4.41. The first kappa shape index (κ1) is 18.6. The average Bonchev–Trinajstić information content (AvgIpc) is 3.11. The second-order valence-corrected chi connectivity index (χ2v) is 8.15. The molecule has 0 unspecified atom stereocenters. The Kier molecular flexibility index (Phi) is 5.56. The van der Waals surface area contributed by atoms with Crippen LogP contribution in [0.25, 0.3) is 10.2 Å². The zero-order chi connectivity index (χ0) is 18.7. The number of carbonyl (C=O) groups is 1. The van der Waals surface area contributed by atoms with Gasteiger partial charge >= 0.3 is 0 Å². The van der Waals surface area contributed by atoms with E-state index in [1.165, 1.54) is 0 Å². The third kappa shape index (κ3) is 3.93. The number of ether oxygens (including phenoxy) is 2. The Labute approximate surface area is 163 Å². The van der Waals surface area contributed by atoms with Gasteiger partial charge in [0, 0.05) is 39.9 Å². The van der Waals surface area contributed by atoms with Gasteiger partial charge in [-0.25, -0.2) is 9.97 Å². The maximum atomic E-state index is 12.7. The Morgan fingerprint density at radius 3 is 2.96 bits per heavy atom. The molecule has 27 heavy (non-hydrogen) atoms. The smallest absolute Gasteiger partial charge is 0.225 e. The average molecular weight is 391 g/mol. The number of rotatable bonds is 5. The number of carbonyl (C=O) groups excluding carboxylic acids is 1. The number of hydrogen-bond donors (Lipinski definition) is 0. The molecule has 2 aliphatic rings. The van der Waals surface area contributed by atoms with Gasteiger partial charge in [0.2, 0.25) is 5.91 Å². The highest BCUT2D eigenvalue weighted by Gasteiger charge is 2.41. The maximum absolute atomic E-state index is 12.7. The molecular weight excluding hydrogens is 364 g/mol. The lowest BCUT2D eigenvalue weighted by atomic mass is 9.87. The first-order chi connectivity index (χ1) is 13.2. The number of amides is 1. The predicted octanol–water partition coefficient (Wildman–Crippen LogP) is 2.32. The molecule has 0 aliphatic carbocycles. The molecule has 2 aromatic heterocycles. The summed E-state index contributed by atoms with van der Waals surface area (Å²) in [5, 5.41) is 3.17. The largest absolute Gasteiger partial charge is 0.385 e. The van der Waals surface area contributed by atoms with Crippen LogP contribution in [-0.4, -0.2) is 72.9 Å². The minimum absolute atomic E-state index is 0.208. The molecule has 146 valence electrons. The number of methoxy groups -OCH3 is 1. The standard InChI is InChI=1S/C19H26N4O3S/c1-25-10-2-6-22-9-11-26-19(13-16(22)24)4-7-23(8-5-19)17-15-3-12-27-18(15)21-14-20-17/h3,12,14H,2,4-11,13H2,1H3. The minimum atomic E-state index is -0.329. The Bertz CT molecular complexity index is 788. The quantitative estimate of drug-likeness (QED) is 0.730. The van der Waals surface area contributed by atoms with Crippen LogP contribution in [0.15, 0.2) is 17.8 Å². The van der Waals surface area contributed by atoms with Crippen molar-refractivity contribution in [1.29, 1.82) is 0 Å². The summed E-state index contributed by atoms with van der Waals surface area (Å²) in [6.07, 6.45) is 4.68.